The van der Waals surface area contributed by atoms with Crippen LogP contribution >= 0.6 is 11.8 Å². The third-order valence-electron chi connectivity index (χ3n) is 3.56. The predicted molar refractivity (Wildman–Crippen MR) is 101 cm³/mol. The smallest absolute Gasteiger partial charge is 0.288 e. The monoisotopic (exact) mass is 386 g/mol. The Labute approximate surface area is 159 Å². The largest absolute Gasteiger partial charge is 0.489 e. The van der Waals surface area contributed by atoms with E-state index >= 15 is 0 Å². The fourth-order valence-corrected chi connectivity index (χ4v) is 2.80. The summed E-state index contributed by atoms with van der Waals surface area (Å²) in [6.45, 7) is 0.349. The summed E-state index contributed by atoms with van der Waals surface area (Å²) in [5.41, 5.74) is 1.89. The lowest BCUT2D eigenvalue weighted by molar-refractivity contribution is 0.102. The Morgan fingerprint density at radius 3 is 2.63 bits per heavy atom. The van der Waals surface area contributed by atoms with E-state index in [2.05, 4.69) is 10.3 Å². The number of ether oxygens (including phenoxy) is 1. The summed E-state index contributed by atoms with van der Waals surface area (Å²) in [4.78, 5) is 16.9. The summed E-state index contributed by atoms with van der Waals surface area (Å²) < 4.78 is 30.4. The van der Waals surface area contributed by atoms with Gasteiger partial charge in [0.25, 0.3) is 11.7 Å². The SMILES string of the molecule is O=C(Nc1ccc(SC(F)F)cc1)c1cccc(OCc2cccnc2)c1. The molecular formula is C20H16F2N2O2S. The number of anilines is 1. The van der Waals surface area contributed by atoms with Gasteiger partial charge in [-0.3, -0.25) is 9.78 Å². The van der Waals surface area contributed by atoms with Crippen LogP contribution in [-0.2, 0) is 6.61 Å². The lowest BCUT2D eigenvalue weighted by Gasteiger charge is -2.09. The Hall–Kier alpha value is -2.93. The summed E-state index contributed by atoms with van der Waals surface area (Å²) in [5.74, 6) is -2.22. The van der Waals surface area contributed by atoms with Crippen molar-refractivity contribution in [2.45, 2.75) is 17.3 Å². The minimum Gasteiger partial charge on any atom is -0.489 e. The normalized spacial score (nSPS) is 10.6. The Kier molecular flexibility index (Phi) is 6.38. The molecule has 7 heteroatoms. The number of benzene rings is 2. The van der Waals surface area contributed by atoms with Crippen molar-refractivity contribution in [1.29, 1.82) is 0 Å². The van der Waals surface area contributed by atoms with Gasteiger partial charge in [-0.15, -0.1) is 0 Å². The van der Waals surface area contributed by atoms with Crippen LogP contribution in [0.1, 0.15) is 15.9 Å². The van der Waals surface area contributed by atoms with Gasteiger partial charge in [-0.1, -0.05) is 23.9 Å². The molecule has 1 aromatic heterocycles. The molecular weight excluding hydrogens is 370 g/mol. The quantitative estimate of drug-likeness (QED) is 0.565. The highest BCUT2D eigenvalue weighted by Gasteiger charge is 2.09. The van der Waals surface area contributed by atoms with Crippen LogP contribution in [0.15, 0.2) is 78.0 Å². The van der Waals surface area contributed by atoms with Crippen LogP contribution in [0.2, 0.25) is 0 Å². The zero-order chi connectivity index (χ0) is 19.1. The summed E-state index contributed by atoms with van der Waals surface area (Å²) in [7, 11) is 0. The lowest BCUT2D eigenvalue weighted by Crippen LogP contribution is -2.12. The van der Waals surface area contributed by atoms with Crippen molar-refractivity contribution in [3.05, 3.63) is 84.2 Å². The van der Waals surface area contributed by atoms with E-state index in [1.807, 2.05) is 12.1 Å². The summed E-state index contributed by atoms with van der Waals surface area (Å²) in [5, 5.41) is 2.74. The fourth-order valence-electron chi connectivity index (χ4n) is 2.30. The van der Waals surface area contributed by atoms with Gasteiger partial charge in [-0.05, 0) is 48.5 Å². The highest BCUT2D eigenvalue weighted by atomic mass is 32.2. The molecule has 0 saturated carbocycles. The maximum Gasteiger partial charge on any atom is 0.288 e. The van der Waals surface area contributed by atoms with Crippen LogP contribution < -0.4 is 10.1 Å². The van der Waals surface area contributed by atoms with Crippen LogP contribution in [-0.4, -0.2) is 16.6 Å². The van der Waals surface area contributed by atoms with Gasteiger partial charge in [0.1, 0.15) is 12.4 Å². The predicted octanol–water partition coefficient (Wildman–Crippen LogP) is 5.23. The lowest BCUT2D eigenvalue weighted by atomic mass is 10.2. The molecule has 0 radical (unpaired) electrons. The van der Waals surface area contributed by atoms with Gasteiger partial charge in [0.2, 0.25) is 0 Å². The molecule has 1 amide bonds. The highest BCUT2D eigenvalue weighted by molar-refractivity contribution is 7.99. The van der Waals surface area contributed by atoms with Crippen LogP contribution in [0, 0.1) is 0 Å². The topological polar surface area (TPSA) is 51.2 Å². The molecule has 1 heterocycles. The Bertz CT molecular complexity index is 890. The zero-order valence-corrected chi connectivity index (χ0v) is 15.0. The molecule has 138 valence electrons. The first-order chi connectivity index (χ1) is 13.1. The van der Waals surface area contributed by atoms with Crippen LogP contribution in [0.25, 0.3) is 0 Å². The first-order valence-electron chi connectivity index (χ1n) is 8.08. The van der Waals surface area contributed by atoms with Crippen molar-refractivity contribution in [2.75, 3.05) is 5.32 Å². The number of thioether (sulfide) groups is 1. The Morgan fingerprint density at radius 2 is 1.93 bits per heavy atom. The molecule has 27 heavy (non-hydrogen) atoms. The first-order valence-corrected chi connectivity index (χ1v) is 8.96. The molecule has 0 fully saturated rings. The van der Waals surface area contributed by atoms with E-state index in [0.717, 1.165) is 5.56 Å². The summed E-state index contributed by atoms with van der Waals surface area (Å²) >= 11 is 0.461. The van der Waals surface area contributed by atoms with Crippen LogP contribution in [0.3, 0.4) is 0 Å². The van der Waals surface area contributed by atoms with Crippen molar-refractivity contribution in [2.24, 2.45) is 0 Å². The molecule has 3 aromatic rings. The number of amides is 1. The third kappa shape index (κ3) is 5.79. The fraction of sp³-hybridized carbons (Fsp3) is 0.100. The maximum absolute atomic E-state index is 12.4. The van der Waals surface area contributed by atoms with Crippen molar-refractivity contribution >= 4 is 23.4 Å². The second-order valence-corrected chi connectivity index (χ2v) is 6.60. The number of rotatable bonds is 7. The molecule has 0 aliphatic heterocycles. The van der Waals surface area contributed by atoms with Crippen LogP contribution in [0.5, 0.6) is 5.75 Å². The second-order valence-electron chi connectivity index (χ2n) is 5.53. The van der Waals surface area contributed by atoms with E-state index in [1.54, 1.807) is 60.9 Å². The summed E-state index contributed by atoms with van der Waals surface area (Å²) in [6.07, 6.45) is 3.40. The number of aromatic nitrogens is 1. The highest BCUT2D eigenvalue weighted by Crippen LogP contribution is 2.26. The first kappa shape index (κ1) is 18.8. The number of nitrogens with one attached hydrogen (secondary N) is 1. The number of carbonyl (C=O) groups is 1. The Morgan fingerprint density at radius 1 is 1.11 bits per heavy atom. The van der Waals surface area contributed by atoms with E-state index in [0.29, 0.717) is 40.3 Å². The molecule has 3 rings (SSSR count). The molecule has 1 N–H and O–H groups in total. The second kappa shape index (κ2) is 9.14. The minimum atomic E-state index is -2.47. The number of carbonyl (C=O) groups excluding carboxylic acids is 1. The molecule has 0 bridgehead atoms. The average Bonchev–Trinajstić information content (AvgIpc) is 2.68. The number of pyridine rings is 1. The van der Waals surface area contributed by atoms with Crippen molar-refractivity contribution in [1.82, 2.24) is 4.98 Å². The van der Waals surface area contributed by atoms with Crippen molar-refractivity contribution in [3.63, 3.8) is 0 Å². The van der Waals surface area contributed by atoms with Gasteiger partial charge in [-0.2, -0.15) is 8.78 Å². The van der Waals surface area contributed by atoms with E-state index in [1.165, 1.54) is 0 Å². The standard InChI is InChI=1S/C20H16F2N2O2S/c21-20(22)27-18-8-6-16(7-9-18)24-19(25)15-4-1-5-17(11-15)26-13-14-3-2-10-23-12-14/h1-12,20H,13H2,(H,24,25). The van der Waals surface area contributed by atoms with E-state index in [4.69, 9.17) is 4.74 Å². The maximum atomic E-state index is 12.4. The zero-order valence-electron chi connectivity index (χ0n) is 14.1. The number of halogens is 2. The molecule has 0 aliphatic rings. The Balaban J connectivity index is 1.61. The third-order valence-corrected chi connectivity index (χ3v) is 4.28. The average molecular weight is 386 g/mol. The number of alkyl halides is 2. The molecule has 0 spiro atoms. The number of hydrogen-bond acceptors (Lipinski definition) is 4. The van der Waals surface area contributed by atoms with Gasteiger partial charge in [0.05, 0.1) is 0 Å². The van der Waals surface area contributed by atoms with Gasteiger partial charge in [-0.25, -0.2) is 0 Å². The van der Waals surface area contributed by atoms with E-state index in [9.17, 15) is 13.6 Å². The molecule has 2 aromatic carbocycles. The molecule has 4 nitrogen and oxygen atoms in total. The van der Waals surface area contributed by atoms with E-state index in [-0.39, 0.29) is 5.91 Å². The number of hydrogen-bond donors (Lipinski definition) is 1. The molecule has 0 aliphatic carbocycles. The van der Waals surface area contributed by atoms with Crippen molar-refractivity contribution < 1.29 is 18.3 Å². The number of nitrogens with zero attached hydrogens (tertiary/aromatic N) is 1. The molecule has 0 unspecified atom stereocenters. The van der Waals surface area contributed by atoms with Gasteiger partial charge < -0.3 is 10.1 Å². The van der Waals surface area contributed by atoms with E-state index < -0.39 is 5.76 Å². The van der Waals surface area contributed by atoms with Crippen molar-refractivity contribution in [3.8, 4) is 5.75 Å². The molecule has 0 saturated heterocycles. The van der Waals surface area contributed by atoms with Gasteiger partial charge in [0, 0.05) is 34.1 Å². The van der Waals surface area contributed by atoms with Gasteiger partial charge in [0.15, 0.2) is 0 Å². The molecule has 0 atom stereocenters. The minimum absolute atomic E-state index is 0.309. The summed E-state index contributed by atoms with van der Waals surface area (Å²) in [6, 6.07) is 16.8. The van der Waals surface area contributed by atoms with Gasteiger partial charge >= 0.3 is 0 Å². The van der Waals surface area contributed by atoms with Crippen LogP contribution in [0.4, 0.5) is 14.5 Å².